The third kappa shape index (κ3) is 7.29. The van der Waals surface area contributed by atoms with Gasteiger partial charge in [-0.15, -0.1) is 0 Å². The fraction of sp³-hybridized carbons (Fsp3) is 0.308. The zero-order valence-corrected chi connectivity index (χ0v) is 8.99. The van der Waals surface area contributed by atoms with Crippen LogP contribution in [0.4, 0.5) is 0 Å². The van der Waals surface area contributed by atoms with Gasteiger partial charge in [-0.3, -0.25) is 4.79 Å². The molecule has 0 spiro atoms. The first-order valence-electron chi connectivity index (χ1n) is 4.88. The highest BCUT2D eigenvalue weighted by molar-refractivity contribution is 6.03. The smallest absolute Gasteiger partial charge is 0.180 e. The quantitative estimate of drug-likeness (QED) is 0.462. The summed E-state index contributed by atoms with van der Waals surface area (Å²) < 4.78 is 0. The molecule has 1 nitrogen and oxygen atoms in total. The van der Waals surface area contributed by atoms with Crippen molar-refractivity contribution in [1.29, 1.82) is 0 Å². The molecular formula is C13H18O. The second-order valence-electron chi connectivity index (χ2n) is 3.11. The lowest BCUT2D eigenvalue weighted by Crippen LogP contribution is -1.90. The summed E-state index contributed by atoms with van der Waals surface area (Å²) in [6.07, 6.45) is 13.3. The molecule has 0 bridgehead atoms. The molecule has 1 heteroatoms. The van der Waals surface area contributed by atoms with E-state index in [1.807, 2.05) is 18.2 Å². The Kier molecular flexibility index (Phi) is 7.43. The Balaban J connectivity index is 3.81. The molecule has 0 aromatic carbocycles. The number of carbonyl (C=O) groups is 1. The van der Waals surface area contributed by atoms with Gasteiger partial charge < -0.3 is 0 Å². The molecule has 0 radical (unpaired) electrons. The minimum atomic E-state index is -0.0211. The molecule has 0 aliphatic heterocycles. The van der Waals surface area contributed by atoms with Gasteiger partial charge >= 0.3 is 0 Å². The van der Waals surface area contributed by atoms with Crippen LogP contribution in [0.15, 0.2) is 48.6 Å². The SMILES string of the molecule is C=C(C)C(=O)C=CC=CC=CCCC. The molecule has 0 N–H and O–H groups in total. The molecule has 0 rings (SSSR count). The van der Waals surface area contributed by atoms with Crippen LogP contribution in [0.5, 0.6) is 0 Å². The van der Waals surface area contributed by atoms with E-state index in [2.05, 4.69) is 19.6 Å². The largest absolute Gasteiger partial charge is 0.290 e. The average Bonchev–Trinajstić information content (AvgIpc) is 2.16. The van der Waals surface area contributed by atoms with Crippen LogP contribution >= 0.6 is 0 Å². The van der Waals surface area contributed by atoms with Gasteiger partial charge in [0.15, 0.2) is 5.78 Å². The van der Waals surface area contributed by atoms with E-state index in [0.717, 1.165) is 12.8 Å². The molecular weight excluding hydrogens is 172 g/mol. The maximum absolute atomic E-state index is 11.0. The standard InChI is InChI=1S/C13H18O/c1-4-5-6-7-8-9-10-11-13(14)12(2)3/h6-11H,2,4-5H2,1,3H3. The molecule has 0 aliphatic rings. The summed E-state index contributed by atoms with van der Waals surface area (Å²) in [6, 6.07) is 0. The molecule has 0 saturated heterocycles. The van der Waals surface area contributed by atoms with Gasteiger partial charge in [-0.2, -0.15) is 0 Å². The Bertz CT molecular complexity index is 267. The molecule has 0 unspecified atom stereocenters. The zero-order valence-electron chi connectivity index (χ0n) is 8.99. The lowest BCUT2D eigenvalue weighted by Gasteiger charge is -1.86. The number of allylic oxidation sites excluding steroid dienone is 7. The predicted octanol–water partition coefficient (Wildman–Crippen LogP) is 3.60. The van der Waals surface area contributed by atoms with Crippen molar-refractivity contribution in [1.82, 2.24) is 0 Å². The van der Waals surface area contributed by atoms with Crippen molar-refractivity contribution in [3.63, 3.8) is 0 Å². The maximum atomic E-state index is 11.0. The molecule has 0 aromatic heterocycles. The summed E-state index contributed by atoms with van der Waals surface area (Å²) in [4.78, 5) is 11.0. The second-order valence-corrected chi connectivity index (χ2v) is 3.11. The topological polar surface area (TPSA) is 17.1 Å². The molecule has 14 heavy (non-hydrogen) atoms. The van der Waals surface area contributed by atoms with Crippen molar-refractivity contribution in [2.75, 3.05) is 0 Å². The Hall–Kier alpha value is -1.37. The summed E-state index contributed by atoms with van der Waals surface area (Å²) >= 11 is 0. The first-order chi connectivity index (χ1) is 6.68. The highest BCUT2D eigenvalue weighted by atomic mass is 16.1. The second kappa shape index (κ2) is 8.24. The van der Waals surface area contributed by atoms with Crippen molar-refractivity contribution >= 4 is 5.78 Å². The Morgan fingerprint density at radius 3 is 2.43 bits per heavy atom. The number of hydrogen-bond acceptors (Lipinski definition) is 1. The van der Waals surface area contributed by atoms with Crippen molar-refractivity contribution in [2.45, 2.75) is 26.7 Å². The Morgan fingerprint density at radius 2 is 1.86 bits per heavy atom. The highest BCUT2D eigenvalue weighted by Gasteiger charge is 1.92. The minimum absolute atomic E-state index is 0.0211. The van der Waals surface area contributed by atoms with Crippen LogP contribution in [0.1, 0.15) is 26.7 Å². The van der Waals surface area contributed by atoms with Crippen LogP contribution in [-0.2, 0) is 4.79 Å². The van der Waals surface area contributed by atoms with Crippen molar-refractivity contribution in [3.8, 4) is 0 Å². The number of unbranched alkanes of at least 4 members (excludes halogenated alkanes) is 1. The number of ketones is 1. The summed E-state index contributed by atoms with van der Waals surface area (Å²) in [5.74, 6) is -0.0211. The lowest BCUT2D eigenvalue weighted by atomic mass is 10.2. The normalized spacial score (nSPS) is 11.9. The molecule has 0 fully saturated rings. The van der Waals surface area contributed by atoms with Crippen molar-refractivity contribution < 1.29 is 4.79 Å². The predicted molar refractivity (Wildman–Crippen MR) is 62.1 cm³/mol. The van der Waals surface area contributed by atoms with Crippen LogP contribution in [0, 0.1) is 0 Å². The Morgan fingerprint density at radius 1 is 1.21 bits per heavy atom. The minimum Gasteiger partial charge on any atom is -0.290 e. The van der Waals surface area contributed by atoms with Crippen molar-refractivity contribution in [2.24, 2.45) is 0 Å². The van der Waals surface area contributed by atoms with Crippen LogP contribution in [-0.4, -0.2) is 5.78 Å². The Labute approximate surface area is 86.5 Å². The highest BCUT2D eigenvalue weighted by Crippen LogP contribution is 1.92. The summed E-state index contributed by atoms with van der Waals surface area (Å²) in [5, 5.41) is 0. The molecule has 0 atom stereocenters. The fourth-order valence-corrected chi connectivity index (χ4v) is 0.755. The van der Waals surface area contributed by atoms with Gasteiger partial charge in [-0.05, 0) is 25.0 Å². The van der Waals surface area contributed by atoms with Crippen LogP contribution in [0.2, 0.25) is 0 Å². The summed E-state index contributed by atoms with van der Waals surface area (Å²) in [7, 11) is 0. The van der Waals surface area contributed by atoms with Crippen molar-refractivity contribution in [3.05, 3.63) is 48.6 Å². The number of carbonyl (C=O) groups excluding carboxylic acids is 1. The maximum Gasteiger partial charge on any atom is 0.180 e. The zero-order chi connectivity index (χ0) is 10.8. The van der Waals surface area contributed by atoms with E-state index in [4.69, 9.17) is 0 Å². The first kappa shape index (κ1) is 12.6. The van der Waals surface area contributed by atoms with E-state index in [1.165, 1.54) is 6.08 Å². The van der Waals surface area contributed by atoms with E-state index in [1.54, 1.807) is 13.0 Å². The van der Waals surface area contributed by atoms with E-state index >= 15 is 0 Å². The summed E-state index contributed by atoms with van der Waals surface area (Å²) in [5.41, 5.74) is 0.566. The molecule has 0 heterocycles. The van der Waals surface area contributed by atoms with Crippen LogP contribution in [0.3, 0.4) is 0 Å². The van der Waals surface area contributed by atoms with E-state index in [9.17, 15) is 4.79 Å². The number of hydrogen-bond donors (Lipinski definition) is 0. The lowest BCUT2D eigenvalue weighted by molar-refractivity contribution is -0.111. The van der Waals surface area contributed by atoms with Crippen LogP contribution < -0.4 is 0 Å². The molecule has 0 amide bonds. The van der Waals surface area contributed by atoms with Crippen LogP contribution in [0.25, 0.3) is 0 Å². The van der Waals surface area contributed by atoms with Gasteiger partial charge in [0, 0.05) is 0 Å². The molecule has 76 valence electrons. The molecule has 0 aliphatic carbocycles. The monoisotopic (exact) mass is 190 g/mol. The molecule has 0 aromatic rings. The van der Waals surface area contributed by atoms with Gasteiger partial charge in [0.05, 0.1) is 0 Å². The first-order valence-corrected chi connectivity index (χ1v) is 4.88. The third-order valence-electron chi connectivity index (χ3n) is 1.59. The van der Waals surface area contributed by atoms with E-state index < -0.39 is 0 Å². The van der Waals surface area contributed by atoms with Gasteiger partial charge in [0.25, 0.3) is 0 Å². The van der Waals surface area contributed by atoms with E-state index in [-0.39, 0.29) is 5.78 Å². The van der Waals surface area contributed by atoms with E-state index in [0.29, 0.717) is 5.57 Å². The third-order valence-corrected chi connectivity index (χ3v) is 1.59. The summed E-state index contributed by atoms with van der Waals surface area (Å²) in [6.45, 7) is 7.40. The fourth-order valence-electron chi connectivity index (χ4n) is 0.755. The average molecular weight is 190 g/mol. The molecule has 0 saturated carbocycles. The number of rotatable bonds is 6. The van der Waals surface area contributed by atoms with Gasteiger partial charge in [0.1, 0.15) is 0 Å². The van der Waals surface area contributed by atoms with Gasteiger partial charge in [0.2, 0.25) is 0 Å². The van der Waals surface area contributed by atoms with Gasteiger partial charge in [-0.25, -0.2) is 0 Å². The van der Waals surface area contributed by atoms with Gasteiger partial charge in [-0.1, -0.05) is 50.3 Å².